The molecule has 3 heterocycles. The largest absolute Gasteiger partial charge is 0.366 e. The molecular formula is C18H27Cl2N7. The predicted molar refractivity (Wildman–Crippen MR) is 109 cm³/mol. The average Bonchev–Trinajstić information content (AvgIpc) is 3.13. The van der Waals surface area contributed by atoms with Gasteiger partial charge in [-0.05, 0) is 30.7 Å². The van der Waals surface area contributed by atoms with Crippen LogP contribution in [0.5, 0.6) is 0 Å². The van der Waals surface area contributed by atoms with Crippen LogP contribution in [0.15, 0.2) is 12.4 Å². The van der Waals surface area contributed by atoms with Gasteiger partial charge in [-0.2, -0.15) is 0 Å². The standard InChI is InChI=1S/C18H27Cl2N7/c1-4-5-6-16(18-22-23-24-27(18)13(2)3)25-7-9-26(10-8-25)17-14(19)11-21-12-15(17)20/h11-13,16H,4-10H2,1-3H3. The van der Waals surface area contributed by atoms with Crippen molar-refractivity contribution in [3.8, 4) is 0 Å². The summed E-state index contributed by atoms with van der Waals surface area (Å²) in [5.41, 5.74) is 0.880. The van der Waals surface area contributed by atoms with Crippen molar-refractivity contribution in [2.45, 2.75) is 52.1 Å². The Labute approximate surface area is 170 Å². The molecule has 7 nitrogen and oxygen atoms in total. The summed E-state index contributed by atoms with van der Waals surface area (Å²) in [6, 6.07) is 0.475. The molecule has 0 spiro atoms. The van der Waals surface area contributed by atoms with E-state index in [1.54, 1.807) is 12.4 Å². The topological polar surface area (TPSA) is 63.0 Å². The summed E-state index contributed by atoms with van der Waals surface area (Å²) in [5.74, 6) is 0.965. The Balaban J connectivity index is 1.75. The highest BCUT2D eigenvalue weighted by atomic mass is 35.5. The van der Waals surface area contributed by atoms with Crippen LogP contribution in [0.4, 0.5) is 5.69 Å². The zero-order valence-electron chi connectivity index (χ0n) is 16.1. The fourth-order valence-corrected chi connectivity index (χ4v) is 4.23. The van der Waals surface area contributed by atoms with E-state index in [0.29, 0.717) is 10.0 Å². The van der Waals surface area contributed by atoms with Gasteiger partial charge in [0.25, 0.3) is 0 Å². The first-order valence-corrected chi connectivity index (χ1v) is 10.3. The number of hydrogen-bond donors (Lipinski definition) is 0. The first-order valence-electron chi connectivity index (χ1n) is 9.58. The van der Waals surface area contributed by atoms with Crippen molar-refractivity contribution in [3.63, 3.8) is 0 Å². The van der Waals surface area contributed by atoms with Crippen LogP contribution >= 0.6 is 23.2 Å². The summed E-state index contributed by atoms with van der Waals surface area (Å²) in [5, 5.41) is 13.7. The highest BCUT2D eigenvalue weighted by Crippen LogP contribution is 2.34. The molecule has 0 bridgehead atoms. The maximum Gasteiger partial charge on any atom is 0.168 e. The number of tetrazole rings is 1. The highest BCUT2D eigenvalue weighted by Gasteiger charge is 2.30. The molecule has 1 aliphatic rings. The predicted octanol–water partition coefficient (Wildman–Crippen LogP) is 4.01. The lowest BCUT2D eigenvalue weighted by Crippen LogP contribution is -2.48. The van der Waals surface area contributed by atoms with E-state index in [4.69, 9.17) is 23.2 Å². The Hall–Kier alpha value is -1.44. The summed E-state index contributed by atoms with van der Waals surface area (Å²) < 4.78 is 1.95. The van der Waals surface area contributed by atoms with Crippen LogP contribution in [0.1, 0.15) is 57.9 Å². The molecule has 0 amide bonds. The van der Waals surface area contributed by atoms with E-state index < -0.39 is 0 Å². The number of halogens is 2. The quantitative estimate of drug-likeness (QED) is 0.685. The molecule has 1 unspecified atom stereocenters. The van der Waals surface area contributed by atoms with E-state index in [2.05, 4.69) is 51.1 Å². The Bertz CT molecular complexity index is 721. The lowest BCUT2D eigenvalue weighted by Gasteiger charge is -2.40. The molecule has 0 aliphatic carbocycles. The number of piperazine rings is 1. The van der Waals surface area contributed by atoms with Gasteiger partial charge >= 0.3 is 0 Å². The summed E-state index contributed by atoms with van der Waals surface area (Å²) >= 11 is 12.7. The van der Waals surface area contributed by atoms with E-state index in [9.17, 15) is 0 Å². The first-order chi connectivity index (χ1) is 13.0. The smallest absolute Gasteiger partial charge is 0.168 e. The monoisotopic (exact) mass is 411 g/mol. The molecule has 1 fully saturated rings. The molecule has 1 aliphatic heterocycles. The van der Waals surface area contributed by atoms with Crippen molar-refractivity contribution in [1.82, 2.24) is 30.1 Å². The lowest BCUT2D eigenvalue weighted by atomic mass is 10.1. The SMILES string of the molecule is CCCCC(c1nnnn1C(C)C)N1CCN(c2c(Cl)cncc2Cl)CC1. The van der Waals surface area contributed by atoms with Crippen LogP contribution in [-0.2, 0) is 0 Å². The lowest BCUT2D eigenvalue weighted by molar-refractivity contribution is 0.161. The van der Waals surface area contributed by atoms with Gasteiger partial charge in [-0.25, -0.2) is 4.68 Å². The number of anilines is 1. The maximum absolute atomic E-state index is 6.34. The molecule has 0 N–H and O–H groups in total. The van der Waals surface area contributed by atoms with Crippen LogP contribution < -0.4 is 4.90 Å². The van der Waals surface area contributed by atoms with Crippen LogP contribution in [0.25, 0.3) is 0 Å². The maximum atomic E-state index is 6.34. The fraction of sp³-hybridized carbons (Fsp3) is 0.667. The van der Waals surface area contributed by atoms with Crippen molar-refractivity contribution in [3.05, 3.63) is 28.3 Å². The molecule has 1 atom stereocenters. The molecular weight excluding hydrogens is 385 g/mol. The van der Waals surface area contributed by atoms with Crippen LogP contribution in [0.3, 0.4) is 0 Å². The summed E-state index contributed by atoms with van der Waals surface area (Å²) in [7, 11) is 0. The Kier molecular flexibility index (Phi) is 6.89. The minimum atomic E-state index is 0.230. The zero-order valence-corrected chi connectivity index (χ0v) is 17.7. The van der Waals surface area contributed by atoms with E-state index >= 15 is 0 Å². The zero-order chi connectivity index (χ0) is 19.4. The Morgan fingerprint density at radius 2 is 1.74 bits per heavy atom. The fourth-order valence-electron chi connectivity index (χ4n) is 3.62. The second-order valence-corrected chi connectivity index (χ2v) is 8.02. The van der Waals surface area contributed by atoms with Crippen molar-refractivity contribution in [1.29, 1.82) is 0 Å². The van der Waals surface area contributed by atoms with Gasteiger partial charge < -0.3 is 4.90 Å². The van der Waals surface area contributed by atoms with Crippen molar-refractivity contribution in [2.75, 3.05) is 31.1 Å². The molecule has 27 heavy (non-hydrogen) atoms. The summed E-state index contributed by atoms with van der Waals surface area (Å²) in [6.07, 6.45) is 6.66. The molecule has 148 valence electrons. The van der Waals surface area contributed by atoms with E-state index in [0.717, 1.165) is 57.0 Å². The second-order valence-electron chi connectivity index (χ2n) is 7.21. The summed E-state index contributed by atoms with van der Waals surface area (Å²) in [4.78, 5) is 8.78. The molecule has 0 aromatic carbocycles. The van der Waals surface area contributed by atoms with Gasteiger partial charge in [-0.15, -0.1) is 5.10 Å². The molecule has 9 heteroatoms. The molecule has 3 rings (SSSR count). The van der Waals surface area contributed by atoms with Crippen molar-refractivity contribution in [2.24, 2.45) is 0 Å². The van der Waals surface area contributed by atoms with Gasteiger partial charge in [0.05, 0.1) is 27.8 Å². The minimum absolute atomic E-state index is 0.230. The second kappa shape index (κ2) is 9.17. The molecule has 1 saturated heterocycles. The van der Waals surface area contributed by atoms with Gasteiger partial charge in [0.2, 0.25) is 0 Å². The number of nitrogens with zero attached hydrogens (tertiary/aromatic N) is 7. The van der Waals surface area contributed by atoms with Gasteiger partial charge in [0.1, 0.15) is 0 Å². The number of aromatic nitrogens is 5. The highest BCUT2D eigenvalue weighted by molar-refractivity contribution is 6.38. The van der Waals surface area contributed by atoms with E-state index in [1.165, 1.54) is 0 Å². The Morgan fingerprint density at radius 3 is 2.33 bits per heavy atom. The number of rotatable bonds is 7. The van der Waals surface area contributed by atoms with E-state index in [-0.39, 0.29) is 12.1 Å². The molecule has 2 aromatic rings. The van der Waals surface area contributed by atoms with Crippen LogP contribution in [-0.4, -0.2) is 56.3 Å². The van der Waals surface area contributed by atoms with Crippen molar-refractivity contribution >= 4 is 28.9 Å². The number of unbranched alkanes of at least 4 members (excludes halogenated alkanes) is 1. The Morgan fingerprint density at radius 1 is 1.07 bits per heavy atom. The average molecular weight is 412 g/mol. The minimum Gasteiger partial charge on any atom is -0.366 e. The number of pyridine rings is 1. The number of hydrogen-bond acceptors (Lipinski definition) is 6. The van der Waals surface area contributed by atoms with Gasteiger partial charge in [-0.3, -0.25) is 9.88 Å². The van der Waals surface area contributed by atoms with Crippen molar-refractivity contribution < 1.29 is 0 Å². The molecule has 0 radical (unpaired) electrons. The van der Waals surface area contributed by atoms with Crippen LogP contribution in [0.2, 0.25) is 10.0 Å². The third-order valence-corrected chi connectivity index (χ3v) is 5.59. The molecule has 0 saturated carbocycles. The first kappa shape index (κ1) is 20.3. The van der Waals surface area contributed by atoms with E-state index in [1.807, 2.05) is 4.68 Å². The van der Waals surface area contributed by atoms with Gasteiger partial charge in [0.15, 0.2) is 5.82 Å². The van der Waals surface area contributed by atoms with Crippen LogP contribution in [0, 0.1) is 0 Å². The third kappa shape index (κ3) is 4.52. The molecule has 2 aromatic heterocycles. The van der Waals surface area contributed by atoms with Gasteiger partial charge in [-0.1, -0.05) is 43.0 Å². The van der Waals surface area contributed by atoms with Gasteiger partial charge in [0, 0.05) is 38.6 Å². The summed E-state index contributed by atoms with van der Waals surface area (Å²) in [6.45, 7) is 9.98. The third-order valence-electron chi connectivity index (χ3n) is 5.04. The normalized spacial score (nSPS) is 16.9.